The molecule has 1 N–H and O–H groups in total. The molecular formula is C14H17FN2S. The van der Waals surface area contributed by atoms with Gasteiger partial charge in [-0.2, -0.15) is 0 Å². The van der Waals surface area contributed by atoms with Crippen molar-refractivity contribution in [1.29, 1.82) is 0 Å². The number of hydrogen-bond acceptors (Lipinski definition) is 3. The fourth-order valence-corrected chi connectivity index (χ4v) is 2.56. The Kier molecular flexibility index (Phi) is 4.44. The van der Waals surface area contributed by atoms with Crippen molar-refractivity contribution in [1.82, 2.24) is 10.3 Å². The second-order valence-corrected chi connectivity index (χ2v) is 5.44. The molecule has 1 unspecified atom stereocenters. The summed E-state index contributed by atoms with van der Waals surface area (Å²) in [4.78, 5) is 4.47. The third-order valence-corrected chi connectivity index (χ3v) is 3.75. The van der Waals surface area contributed by atoms with Crippen LogP contribution in [0, 0.1) is 12.7 Å². The fraction of sp³-hybridized carbons (Fsp3) is 0.357. The van der Waals surface area contributed by atoms with Gasteiger partial charge in [-0.1, -0.05) is 12.1 Å². The maximum atomic E-state index is 12.8. The minimum atomic E-state index is -0.185. The number of aryl methyl sites for hydroxylation is 1. The number of nitrogens with one attached hydrogen (secondary N) is 1. The number of nitrogens with zero attached hydrogens (tertiary/aromatic N) is 1. The van der Waals surface area contributed by atoms with Gasteiger partial charge in [-0.3, -0.25) is 0 Å². The average Bonchev–Trinajstić information content (AvgIpc) is 2.77. The van der Waals surface area contributed by atoms with Crippen LogP contribution in [0.25, 0.3) is 0 Å². The SMILES string of the molecule is CNC(Cc1ccc(F)cc1)Cc1csc(C)n1. The van der Waals surface area contributed by atoms with Crippen molar-refractivity contribution in [3.63, 3.8) is 0 Å². The standard InChI is InChI=1S/C14H17FN2S/c1-10-17-14(9-18-10)8-13(16-2)7-11-3-5-12(15)6-4-11/h3-6,9,13,16H,7-8H2,1-2H3. The molecule has 1 aromatic heterocycles. The number of likely N-dealkylation sites (N-methyl/N-ethyl adjacent to an activating group) is 1. The van der Waals surface area contributed by atoms with Gasteiger partial charge in [-0.05, 0) is 38.1 Å². The molecule has 1 aromatic carbocycles. The molecule has 96 valence electrons. The Labute approximate surface area is 111 Å². The van der Waals surface area contributed by atoms with E-state index in [1.807, 2.05) is 26.1 Å². The lowest BCUT2D eigenvalue weighted by atomic mass is 10.0. The average molecular weight is 264 g/mol. The van der Waals surface area contributed by atoms with E-state index in [0.717, 1.165) is 29.1 Å². The lowest BCUT2D eigenvalue weighted by molar-refractivity contribution is 0.550. The lowest BCUT2D eigenvalue weighted by Crippen LogP contribution is -2.30. The fourth-order valence-electron chi connectivity index (χ4n) is 1.94. The summed E-state index contributed by atoms with van der Waals surface area (Å²) in [6.45, 7) is 2.02. The highest BCUT2D eigenvalue weighted by Gasteiger charge is 2.10. The second-order valence-electron chi connectivity index (χ2n) is 4.38. The molecule has 2 nitrogen and oxygen atoms in total. The van der Waals surface area contributed by atoms with E-state index in [4.69, 9.17) is 0 Å². The van der Waals surface area contributed by atoms with Crippen LogP contribution in [0.4, 0.5) is 4.39 Å². The molecule has 0 spiro atoms. The Morgan fingerprint density at radius 1 is 1.28 bits per heavy atom. The van der Waals surface area contributed by atoms with Crippen molar-refractivity contribution in [2.75, 3.05) is 7.05 Å². The van der Waals surface area contributed by atoms with Crippen LogP contribution < -0.4 is 5.32 Å². The zero-order valence-electron chi connectivity index (χ0n) is 10.6. The molecule has 1 atom stereocenters. The van der Waals surface area contributed by atoms with Gasteiger partial charge in [-0.15, -0.1) is 11.3 Å². The van der Waals surface area contributed by atoms with Crippen molar-refractivity contribution >= 4 is 11.3 Å². The van der Waals surface area contributed by atoms with Crippen molar-refractivity contribution in [2.45, 2.75) is 25.8 Å². The largest absolute Gasteiger partial charge is 0.316 e. The number of aromatic nitrogens is 1. The number of thiazole rings is 1. The maximum Gasteiger partial charge on any atom is 0.123 e. The van der Waals surface area contributed by atoms with Gasteiger partial charge >= 0.3 is 0 Å². The van der Waals surface area contributed by atoms with Crippen LogP contribution in [0.15, 0.2) is 29.6 Å². The second kappa shape index (κ2) is 6.07. The van der Waals surface area contributed by atoms with E-state index in [1.165, 1.54) is 12.1 Å². The number of rotatable bonds is 5. The van der Waals surface area contributed by atoms with Crippen LogP contribution in [0.5, 0.6) is 0 Å². The molecule has 0 saturated heterocycles. The van der Waals surface area contributed by atoms with Crippen LogP contribution in [0.1, 0.15) is 16.3 Å². The Bertz CT molecular complexity index is 493. The first-order chi connectivity index (χ1) is 8.67. The van der Waals surface area contributed by atoms with Crippen molar-refractivity contribution in [3.8, 4) is 0 Å². The zero-order chi connectivity index (χ0) is 13.0. The topological polar surface area (TPSA) is 24.9 Å². The van der Waals surface area contributed by atoms with Crippen LogP contribution in [-0.2, 0) is 12.8 Å². The summed E-state index contributed by atoms with van der Waals surface area (Å²) >= 11 is 1.68. The molecule has 0 aliphatic carbocycles. The van der Waals surface area contributed by atoms with Gasteiger partial charge < -0.3 is 5.32 Å². The quantitative estimate of drug-likeness (QED) is 0.898. The monoisotopic (exact) mass is 264 g/mol. The van der Waals surface area contributed by atoms with E-state index < -0.39 is 0 Å². The highest BCUT2D eigenvalue weighted by atomic mass is 32.1. The molecule has 0 bridgehead atoms. The van der Waals surface area contributed by atoms with Crippen LogP contribution in [-0.4, -0.2) is 18.1 Å². The first kappa shape index (κ1) is 13.2. The van der Waals surface area contributed by atoms with Crippen molar-refractivity contribution in [3.05, 3.63) is 51.7 Å². The van der Waals surface area contributed by atoms with E-state index in [9.17, 15) is 4.39 Å². The van der Waals surface area contributed by atoms with E-state index in [0.29, 0.717) is 6.04 Å². The van der Waals surface area contributed by atoms with Crippen LogP contribution in [0.3, 0.4) is 0 Å². The van der Waals surface area contributed by atoms with E-state index in [2.05, 4.69) is 15.7 Å². The van der Waals surface area contributed by atoms with Gasteiger partial charge in [0.05, 0.1) is 10.7 Å². The molecule has 18 heavy (non-hydrogen) atoms. The molecule has 0 amide bonds. The van der Waals surface area contributed by atoms with E-state index in [-0.39, 0.29) is 5.82 Å². The van der Waals surface area contributed by atoms with Crippen molar-refractivity contribution in [2.24, 2.45) is 0 Å². The molecule has 0 fully saturated rings. The van der Waals surface area contributed by atoms with Gasteiger partial charge in [0.15, 0.2) is 0 Å². The van der Waals surface area contributed by atoms with Gasteiger partial charge in [0, 0.05) is 17.8 Å². The molecule has 0 aliphatic heterocycles. The third kappa shape index (κ3) is 3.62. The number of hydrogen-bond donors (Lipinski definition) is 1. The van der Waals surface area contributed by atoms with E-state index >= 15 is 0 Å². The Hall–Kier alpha value is -1.26. The first-order valence-corrected chi connectivity index (χ1v) is 6.88. The summed E-state index contributed by atoms with van der Waals surface area (Å²) in [5.41, 5.74) is 2.27. The molecular weight excluding hydrogens is 247 g/mol. The molecule has 4 heteroatoms. The predicted molar refractivity (Wildman–Crippen MR) is 73.5 cm³/mol. The predicted octanol–water partition coefficient (Wildman–Crippen LogP) is 2.96. The van der Waals surface area contributed by atoms with Crippen LogP contribution >= 0.6 is 11.3 Å². The van der Waals surface area contributed by atoms with Gasteiger partial charge in [0.1, 0.15) is 5.82 Å². The molecule has 0 radical (unpaired) electrons. The van der Waals surface area contributed by atoms with E-state index in [1.54, 1.807) is 11.3 Å². The summed E-state index contributed by atoms with van der Waals surface area (Å²) in [7, 11) is 1.95. The highest BCUT2D eigenvalue weighted by Crippen LogP contribution is 2.13. The normalized spacial score (nSPS) is 12.6. The van der Waals surface area contributed by atoms with Crippen LogP contribution in [0.2, 0.25) is 0 Å². The minimum Gasteiger partial charge on any atom is -0.316 e. The number of halogens is 1. The Morgan fingerprint density at radius 3 is 2.56 bits per heavy atom. The first-order valence-electron chi connectivity index (χ1n) is 6.00. The molecule has 0 saturated carbocycles. The highest BCUT2D eigenvalue weighted by molar-refractivity contribution is 7.09. The number of benzene rings is 1. The third-order valence-electron chi connectivity index (χ3n) is 2.93. The zero-order valence-corrected chi connectivity index (χ0v) is 11.4. The molecule has 2 aromatic rings. The summed E-state index contributed by atoms with van der Waals surface area (Å²) in [6.07, 6.45) is 1.78. The lowest BCUT2D eigenvalue weighted by Gasteiger charge is -2.15. The Morgan fingerprint density at radius 2 is 2.00 bits per heavy atom. The Balaban J connectivity index is 1.99. The van der Waals surface area contributed by atoms with Gasteiger partial charge in [0.25, 0.3) is 0 Å². The molecule has 1 heterocycles. The summed E-state index contributed by atoms with van der Waals surface area (Å²) in [5, 5.41) is 6.49. The van der Waals surface area contributed by atoms with Gasteiger partial charge in [-0.25, -0.2) is 9.37 Å². The maximum absolute atomic E-state index is 12.8. The molecule has 0 aliphatic rings. The summed E-state index contributed by atoms with van der Waals surface area (Å²) < 4.78 is 12.8. The summed E-state index contributed by atoms with van der Waals surface area (Å²) in [5.74, 6) is -0.185. The summed E-state index contributed by atoms with van der Waals surface area (Å²) in [6, 6.07) is 7.03. The minimum absolute atomic E-state index is 0.185. The van der Waals surface area contributed by atoms with Crippen molar-refractivity contribution < 1.29 is 4.39 Å². The molecule has 2 rings (SSSR count). The van der Waals surface area contributed by atoms with Gasteiger partial charge in [0.2, 0.25) is 0 Å². The smallest absolute Gasteiger partial charge is 0.123 e.